The zero-order chi connectivity index (χ0) is 16.9. The van der Waals surface area contributed by atoms with E-state index in [2.05, 4.69) is 0 Å². The van der Waals surface area contributed by atoms with Gasteiger partial charge in [-0.05, 0) is 50.3 Å². The minimum Gasteiger partial charge on any atom is -0.457 e. The van der Waals surface area contributed by atoms with Gasteiger partial charge in [-0.15, -0.1) is 0 Å². The van der Waals surface area contributed by atoms with E-state index in [-0.39, 0.29) is 33.0 Å². The molecule has 3 rings (SSSR count). The Hall–Kier alpha value is -1.26. The fraction of sp³-hybridized carbons (Fsp3) is 0. The summed E-state index contributed by atoms with van der Waals surface area (Å²) in [5.74, 6) is 1.49. The molecule has 0 fully saturated rings. The number of hydrogen-bond donors (Lipinski definition) is 0. The van der Waals surface area contributed by atoms with Gasteiger partial charge in [0.15, 0.2) is 5.52 Å². The van der Waals surface area contributed by atoms with Crippen molar-refractivity contribution in [2.24, 2.45) is 0 Å². The average Bonchev–Trinajstić information content (AvgIpc) is 2.57. The molecular formula is C19H13Cl2LiO2P. The van der Waals surface area contributed by atoms with Crippen LogP contribution in [-0.2, 0) is 0 Å². The zero-order valence-electron chi connectivity index (χ0n) is 13.5. The topological polar surface area (TPSA) is 26.3 Å². The van der Waals surface area contributed by atoms with Crippen molar-refractivity contribution >= 4 is 61.5 Å². The molecule has 3 aromatic rings. The Morgan fingerprint density at radius 1 is 0.760 bits per heavy atom. The van der Waals surface area contributed by atoms with E-state index in [4.69, 9.17) is 27.9 Å². The number of ether oxygens (including phenoxy) is 1. The third-order valence-corrected chi connectivity index (χ3v) is 5.01. The van der Waals surface area contributed by atoms with Gasteiger partial charge in [0.05, 0.1) is 15.6 Å². The third kappa shape index (κ3) is 5.35. The van der Waals surface area contributed by atoms with Crippen LogP contribution in [0.3, 0.4) is 0 Å². The smallest absolute Gasteiger partial charge is 0.188 e. The van der Waals surface area contributed by atoms with Crippen molar-refractivity contribution in [2.45, 2.75) is 0 Å². The summed E-state index contributed by atoms with van der Waals surface area (Å²) in [6, 6.07) is 22.0. The third-order valence-electron chi connectivity index (χ3n) is 3.28. The first-order valence-electron chi connectivity index (χ1n) is 7.22. The molecular weight excluding hydrogens is 369 g/mol. The molecule has 3 aromatic carbocycles. The van der Waals surface area contributed by atoms with E-state index >= 15 is 0 Å². The molecule has 1 radical (unpaired) electrons. The van der Waals surface area contributed by atoms with Gasteiger partial charge in [-0.25, -0.2) is 0 Å². The predicted molar refractivity (Wildman–Crippen MR) is 107 cm³/mol. The normalized spacial score (nSPS) is 10.5. The number of carbonyl (C=O) groups is 1. The molecule has 0 saturated carbocycles. The summed E-state index contributed by atoms with van der Waals surface area (Å²) in [5.41, 5.74) is 0.297. The molecule has 1 atom stereocenters. The Morgan fingerprint density at radius 3 is 1.92 bits per heavy atom. The molecule has 6 heteroatoms. The Bertz CT molecular complexity index is 835. The summed E-state index contributed by atoms with van der Waals surface area (Å²) in [7, 11) is -0.0506. The molecule has 2 nitrogen and oxygen atoms in total. The molecule has 1 unspecified atom stereocenters. The maximum atomic E-state index is 12.4. The van der Waals surface area contributed by atoms with Crippen LogP contribution in [0.15, 0.2) is 72.8 Å². The van der Waals surface area contributed by atoms with Gasteiger partial charge < -0.3 is 4.74 Å². The second kappa shape index (κ2) is 9.44. The second-order valence-electron chi connectivity index (χ2n) is 4.99. The first-order valence-corrected chi connectivity index (χ1v) is 8.97. The SMILES string of the molecule is O=C(Pc1ccc(Oc2ccccc2)cc1)c1c(Cl)cccc1Cl.[Li]. The van der Waals surface area contributed by atoms with Gasteiger partial charge in [-0.2, -0.15) is 0 Å². The molecule has 0 amide bonds. The number of halogens is 2. The summed E-state index contributed by atoms with van der Waals surface area (Å²) in [4.78, 5) is 12.4. The fourth-order valence-corrected chi connectivity index (χ4v) is 3.86. The summed E-state index contributed by atoms with van der Waals surface area (Å²) in [6.45, 7) is 0. The maximum absolute atomic E-state index is 12.4. The van der Waals surface area contributed by atoms with Gasteiger partial charge in [-0.1, -0.05) is 59.6 Å². The van der Waals surface area contributed by atoms with Gasteiger partial charge in [0.1, 0.15) is 11.5 Å². The number of rotatable bonds is 5. The summed E-state index contributed by atoms with van der Waals surface area (Å²) in [6.07, 6.45) is 0. The molecule has 0 aromatic heterocycles. The largest absolute Gasteiger partial charge is 0.457 e. The van der Waals surface area contributed by atoms with E-state index in [1.807, 2.05) is 54.6 Å². The summed E-state index contributed by atoms with van der Waals surface area (Å²) in [5, 5.41) is 1.66. The quantitative estimate of drug-likeness (QED) is 0.427. The number of para-hydroxylation sites is 1. The number of hydrogen-bond acceptors (Lipinski definition) is 2. The molecule has 25 heavy (non-hydrogen) atoms. The van der Waals surface area contributed by atoms with Crippen LogP contribution in [0.4, 0.5) is 0 Å². The van der Waals surface area contributed by atoms with Crippen LogP contribution in [0.2, 0.25) is 10.0 Å². The van der Waals surface area contributed by atoms with Crippen molar-refractivity contribution in [1.82, 2.24) is 0 Å². The minimum atomic E-state index is -0.0812. The molecule has 0 aliphatic heterocycles. The summed E-state index contributed by atoms with van der Waals surface area (Å²) < 4.78 is 5.74. The van der Waals surface area contributed by atoms with Crippen LogP contribution in [0.1, 0.15) is 10.4 Å². The molecule has 0 bridgehead atoms. The predicted octanol–water partition coefficient (Wildman–Crippen LogP) is 5.55. The molecule has 0 N–H and O–H groups in total. The summed E-state index contributed by atoms with van der Waals surface area (Å²) >= 11 is 12.2. The zero-order valence-corrected chi connectivity index (χ0v) is 16.0. The first-order chi connectivity index (χ1) is 11.6. The monoisotopic (exact) mass is 381 g/mol. The van der Waals surface area contributed by atoms with Gasteiger partial charge in [0.2, 0.25) is 0 Å². The molecule has 121 valence electrons. The van der Waals surface area contributed by atoms with Crippen LogP contribution in [0.5, 0.6) is 11.5 Å². The van der Waals surface area contributed by atoms with Crippen molar-refractivity contribution in [2.75, 3.05) is 0 Å². The van der Waals surface area contributed by atoms with Crippen molar-refractivity contribution in [3.63, 3.8) is 0 Å². The fourth-order valence-electron chi connectivity index (χ4n) is 2.14. The molecule has 0 saturated heterocycles. The number of carbonyl (C=O) groups excluding carboxylic acids is 1. The average molecular weight is 382 g/mol. The van der Waals surface area contributed by atoms with E-state index in [0.29, 0.717) is 15.6 Å². The Balaban J connectivity index is 0.00000225. The Labute approximate surface area is 170 Å². The van der Waals surface area contributed by atoms with E-state index in [9.17, 15) is 4.79 Å². The molecule has 0 aliphatic carbocycles. The van der Waals surface area contributed by atoms with E-state index < -0.39 is 0 Å². The van der Waals surface area contributed by atoms with Crippen LogP contribution >= 0.6 is 31.8 Å². The second-order valence-corrected chi connectivity index (χ2v) is 7.09. The molecule has 0 heterocycles. The van der Waals surface area contributed by atoms with Crippen molar-refractivity contribution in [3.8, 4) is 11.5 Å². The van der Waals surface area contributed by atoms with Crippen LogP contribution in [0, 0.1) is 0 Å². The first kappa shape index (κ1) is 20.1. The van der Waals surface area contributed by atoms with Crippen LogP contribution < -0.4 is 10.0 Å². The minimum absolute atomic E-state index is 0. The van der Waals surface area contributed by atoms with E-state index in [0.717, 1.165) is 16.8 Å². The van der Waals surface area contributed by atoms with Gasteiger partial charge in [0.25, 0.3) is 0 Å². The number of benzene rings is 3. The Morgan fingerprint density at radius 2 is 1.32 bits per heavy atom. The van der Waals surface area contributed by atoms with Crippen molar-refractivity contribution < 1.29 is 9.53 Å². The Kier molecular flexibility index (Phi) is 7.57. The van der Waals surface area contributed by atoms with E-state index in [1.165, 1.54) is 0 Å². The van der Waals surface area contributed by atoms with Gasteiger partial charge in [-0.3, -0.25) is 4.79 Å². The van der Waals surface area contributed by atoms with Crippen molar-refractivity contribution in [3.05, 3.63) is 88.4 Å². The van der Waals surface area contributed by atoms with Gasteiger partial charge >= 0.3 is 0 Å². The van der Waals surface area contributed by atoms with Crippen LogP contribution in [0.25, 0.3) is 0 Å². The maximum Gasteiger partial charge on any atom is 0.188 e. The van der Waals surface area contributed by atoms with Crippen molar-refractivity contribution in [1.29, 1.82) is 0 Å². The molecule has 0 spiro atoms. The molecule has 0 aliphatic rings. The van der Waals surface area contributed by atoms with Crippen LogP contribution in [-0.4, -0.2) is 24.4 Å². The standard InChI is InChI=1S/C19H13Cl2O2P.Li/c20-16-7-4-8-17(21)18(16)19(22)24-15-11-9-14(10-12-15)23-13-5-2-1-3-6-13;/h1-12,24H;. The van der Waals surface area contributed by atoms with Gasteiger partial charge in [0, 0.05) is 18.9 Å². The van der Waals surface area contributed by atoms with E-state index in [1.54, 1.807) is 18.2 Å².